The number of hydrogen-bond donors (Lipinski definition) is 1. The Morgan fingerprint density at radius 3 is 2.50 bits per heavy atom. The average molecular weight is 357 g/mol. The molecule has 1 aromatic rings. The monoisotopic (exact) mass is 357 g/mol. The Kier molecular flexibility index (Phi) is 5.30. The second kappa shape index (κ2) is 7.48. The molecule has 0 unspecified atom stereocenters. The van der Waals surface area contributed by atoms with Crippen LogP contribution >= 0.6 is 0 Å². The number of carbonyl (C=O) groups excluding carboxylic acids is 3. The number of rotatable bonds is 5. The molecule has 0 radical (unpaired) electrons. The molecule has 4 amide bonds. The van der Waals surface area contributed by atoms with Crippen LogP contribution in [0.5, 0.6) is 0 Å². The predicted octanol–water partition coefficient (Wildman–Crippen LogP) is 2.54. The Labute approximate surface area is 154 Å². The lowest BCUT2D eigenvalue weighted by Crippen LogP contribution is -2.50. The SMILES string of the molecule is CCN(Cc1ccccc1)C(=O)CN1C(=O)NC2(CCC(C)CC2)C1=O. The van der Waals surface area contributed by atoms with E-state index in [9.17, 15) is 14.4 Å². The third-order valence-electron chi connectivity index (χ3n) is 5.62. The van der Waals surface area contributed by atoms with Crippen molar-refractivity contribution in [3.63, 3.8) is 0 Å². The molecule has 140 valence electrons. The molecule has 1 aliphatic heterocycles. The Morgan fingerprint density at radius 2 is 1.88 bits per heavy atom. The van der Waals surface area contributed by atoms with Gasteiger partial charge < -0.3 is 10.2 Å². The van der Waals surface area contributed by atoms with Gasteiger partial charge in [0.05, 0.1) is 0 Å². The standard InChI is InChI=1S/C20H27N3O3/c1-3-22(13-16-7-5-4-6-8-16)17(24)14-23-18(25)20(21-19(23)26)11-9-15(2)10-12-20/h4-8,15H,3,9-14H2,1-2H3,(H,21,26). The van der Waals surface area contributed by atoms with E-state index in [0.717, 1.165) is 23.3 Å². The molecule has 0 aromatic heterocycles. The summed E-state index contributed by atoms with van der Waals surface area (Å²) in [5.41, 5.74) is 0.234. The third kappa shape index (κ3) is 3.59. The third-order valence-corrected chi connectivity index (χ3v) is 5.62. The summed E-state index contributed by atoms with van der Waals surface area (Å²) in [6, 6.07) is 9.27. The summed E-state index contributed by atoms with van der Waals surface area (Å²) in [7, 11) is 0. The van der Waals surface area contributed by atoms with Gasteiger partial charge in [0.25, 0.3) is 5.91 Å². The van der Waals surface area contributed by atoms with E-state index in [1.54, 1.807) is 4.90 Å². The van der Waals surface area contributed by atoms with Crippen LogP contribution in [-0.2, 0) is 16.1 Å². The zero-order valence-corrected chi connectivity index (χ0v) is 15.5. The Balaban J connectivity index is 1.66. The summed E-state index contributed by atoms with van der Waals surface area (Å²) in [6.07, 6.45) is 3.15. The molecular formula is C20H27N3O3. The zero-order valence-electron chi connectivity index (χ0n) is 15.5. The summed E-state index contributed by atoms with van der Waals surface area (Å²) in [5.74, 6) is 0.127. The molecule has 1 saturated carbocycles. The molecule has 0 bridgehead atoms. The minimum Gasteiger partial charge on any atom is -0.337 e. The first-order chi connectivity index (χ1) is 12.4. The minimum atomic E-state index is -0.791. The molecule has 26 heavy (non-hydrogen) atoms. The number of hydrogen-bond acceptors (Lipinski definition) is 3. The van der Waals surface area contributed by atoms with Crippen molar-refractivity contribution >= 4 is 17.8 Å². The van der Waals surface area contributed by atoms with Gasteiger partial charge in [0.2, 0.25) is 5.91 Å². The maximum absolute atomic E-state index is 12.9. The van der Waals surface area contributed by atoms with Crippen molar-refractivity contribution < 1.29 is 14.4 Å². The first kappa shape index (κ1) is 18.4. The summed E-state index contributed by atoms with van der Waals surface area (Å²) in [4.78, 5) is 40.7. The highest BCUT2D eigenvalue weighted by Gasteiger charge is 2.52. The van der Waals surface area contributed by atoms with Crippen molar-refractivity contribution in [3.05, 3.63) is 35.9 Å². The molecule has 1 aromatic carbocycles. The van der Waals surface area contributed by atoms with E-state index >= 15 is 0 Å². The topological polar surface area (TPSA) is 69.7 Å². The van der Waals surface area contributed by atoms with Gasteiger partial charge in [-0.2, -0.15) is 0 Å². The molecular weight excluding hydrogens is 330 g/mol. The zero-order chi connectivity index (χ0) is 18.7. The van der Waals surface area contributed by atoms with Crippen molar-refractivity contribution in [3.8, 4) is 0 Å². The van der Waals surface area contributed by atoms with Crippen molar-refractivity contribution in [2.75, 3.05) is 13.1 Å². The van der Waals surface area contributed by atoms with Gasteiger partial charge >= 0.3 is 6.03 Å². The highest BCUT2D eigenvalue weighted by molar-refractivity contribution is 6.09. The van der Waals surface area contributed by atoms with E-state index < -0.39 is 11.6 Å². The van der Waals surface area contributed by atoms with E-state index in [1.807, 2.05) is 37.3 Å². The second-order valence-electron chi connectivity index (χ2n) is 7.48. The lowest BCUT2D eigenvalue weighted by atomic mass is 9.77. The number of imide groups is 1. The molecule has 1 N–H and O–H groups in total. The highest BCUT2D eigenvalue weighted by atomic mass is 16.2. The summed E-state index contributed by atoms with van der Waals surface area (Å²) in [6.45, 7) is 4.87. The van der Waals surface area contributed by atoms with E-state index in [0.29, 0.717) is 31.8 Å². The molecule has 0 atom stereocenters. The fourth-order valence-electron chi connectivity index (χ4n) is 3.83. The van der Waals surface area contributed by atoms with Gasteiger partial charge in [-0.05, 0) is 44.1 Å². The fraction of sp³-hybridized carbons (Fsp3) is 0.550. The minimum absolute atomic E-state index is 0.192. The van der Waals surface area contributed by atoms with Gasteiger partial charge in [0.15, 0.2) is 0 Å². The first-order valence-electron chi connectivity index (χ1n) is 9.41. The van der Waals surface area contributed by atoms with Crippen LogP contribution < -0.4 is 5.32 Å². The van der Waals surface area contributed by atoms with Crippen LogP contribution in [-0.4, -0.2) is 46.3 Å². The Hall–Kier alpha value is -2.37. The summed E-state index contributed by atoms with van der Waals surface area (Å²) < 4.78 is 0. The maximum atomic E-state index is 12.9. The van der Waals surface area contributed by atoms with Crippen molar-refractivity contribution in [2.24, 2.45) is 5.92 Å². The van der Waals surface area contributed by atoms with Gasteiger partial charge in [0.1, 0.15) is 12.1 Å². The Morgan fingerprint density at radius 1 is 1.23 bits per heavy atom. The van der Waals surface area contributed by atoms with E-state index in [2.05, 4.69) is 12.2 Å². The first-order valence-corrected chi connectivity index (χ1v) is 9.41. The normalized spacial score (nSPS) is 25.5. The molecule has 1 aliphatic carbocycles. The van der Waals surface area contributed by atoms with Crippen LogP contribution in [0.2, 0.25) is 0 Å². The van der Waals surface area contributed by atoms with Gasteiger partial charge in [-0.1, -0.05) is 37.3 Å². The average Bonchev–Trinajstić information content (AvgIpc) is 2.87. The lowest BCUT2D eigenvalue weighted by molar-refractivity contribution is -0.139. The maximum Gasteiger partial charge on any atom is 0.325 e. The molecule has 1 spiro atoms. The van der Waals surface area contributed by atoms with Crippen LogP contribution in [0.3, 0.4) is 0 Å². The molecule has 1 heterocycles. The molecule has 6 nitrogen and oxygen atoms in total. The van der Waals surface area contributed by atoms with Gasteiger partial charge in [-0.3, -0.25) is 14.5 Å². The highest BCUT2D eigenvalue weighted by Crippen LogP contribution is 2.36. The Bertz CT molecular complexity index is 681. The van der Waals surface area contributed by atoms with Gasteiger partial charge in [-0.25, -0.2) is 4.79 Å². The number of urea groups is 1. The number of amides is 4. The van der Waals surface area contributed by atoms with Crippen LogP contribution in [0.15, 0.2) is 30.3 Å². The molecule has 2 aliphatic rings. The largest absolute Gasteiger partial charge is 0.337 e. The van der Waals surface area contributed by atoms with Crippen molar-refractivity contribution in [1.29, 1.82) is 0 Å². The molecule has 3 rings (SSSR count). The van der Waals surface area contributed by atoms with E-state index in [1.165, 1.54) is 0 Å². The van der Waals surface area contributed by atoms with Crippen LogP contribution in [0.4, 0.5) is 4.79 Å². The number of likely N-dealkylation sites (N-methyl/N-ethyl adjacent to an activating group) is 1. The number of carbonyl (C=O) groups is 3. The molecule has 1 saturated heterocycles. The van der Waals surface area contributed by atoms with Crippen molar-refractivity contribution in [1.82, 2.24) is 15.1 Å². The number of nitrogens with zero attached hydrogens (tertiary/aromatic N) is 2. The lowest BCUT2D eigenvalue weighted by Gasteiger charge is -2.33. The fourth-order valence-corrected chi connectivity index (χ4v) is 3.83. The second-order valence-corrected chi connectivity index (χ2v) is 7.48. The smallest absolute Gasteiger partial charge is 0.325 e. The van der Waals surface area contributed by atoms with Crippen molar-refractivity contribution in [2.45, 2.75) is 51.6 Å². The van der Waals surface area contributed by atoms with E-state index in [4.69, 9.17) is 0 Å². The molecule has 6 heteroatoms. The summed E-state index contributed by atoms with van der Waals surface area (Å²) in [5, 5.41) is 2.87. The number of benzene rings is 1. The van der Waals surface area contributed by atoms with Gasteiger partial charge in [-0.15, -0.1) is 0 Å². The van der Waals surface area contributed by atoms with Crippen LogP contribution in [0.25, 0.3) is 0 Å². The van der Waals surface area contributed by atoms with Crippen LogP contribution in [0.1, 0.15) is 45.1 Å². The number of nitrogens with one attached hydrogen (secondary N) is 1. The summed E-state index contributed by atoms with van der Waals surface area (Å²) >= 11 is 0. The van der Waals surface area contributed by atoms with Crippen LogP contribution in [0, 0.1) is 5.92 Å². The van der Waals surface area contributed by atoms with Gasteiger partial charge in [0, 0.05) is 13.1 Å². The molecule has 2 fully saturated rings. The predicted molar refractivity (Wildman–Crippen MR) is 98.1 cm³/mol. The van der Waals surface area contributed by atoms with E-state index in [-0.39, 0.29) is 18.4 Å². The quantitative estimate of drug-likeness (QED) is 0.823.